The topological polar surface area (TPSA) is 12.0 Å². The summed E-state index contributed by atoms with van der Waals surface area (Å²) in [7, 11) is 0. The molecule has 0 aromatic rings. The van der Waals surface area contributed by atoms with Gasteiger partial charge in [0, 0.05) is 5.54 Å². The first kappa shape index (κ1) is 15.4. The van der Waals surface area contributed by atoms with Crippen molar-refractivity contribution in [1.29, 1.82) is 0 Å². The monoisotopic (exact) mass is 265 g/mol. The molecule has 2 fully saturated rings. The molecule has 0 radical (unpaired) electrons. The zero-order valence-electron chi connectivity index (χ0n) is 13.9. The van der Waals surface area contributed by atoms with E-state index in [2.05, 4.69) is 39.9 Å². The summed E-state index contributed by atoms with van der Waals surface area (Å²) >= 11 is 0. The van der Waals surface area contributed by atoms with Crippen LogP contribution in [0.3, 0.4) is 0 Å². The van der Waals surface area contributed by atoms with Crippen LogP contribution in [-0.2, 0) is 0 Å². The number of nitrogens with one attached hydrogen (secondary N) is 1. The summed E-state index contributed by atoms with van der Waals surface area (Å²) in [4.78, 5) is 0. The predicted molar refractivity (Wildman–Crippen MR) is 84.3 cm³/mol. The maximum atomic E-state index is 3.77. The van der Waals surface area contributed by atoms with Gasteiger partial charge in [-0.3, -0.25) is 0 Å². The molecular weight excluding hydrogens is 230 g/mol. The molecule has 0 aromatic heterocycles. The highest BCUT2D eigenvalue weighted by Gasteiger charge is 2.39. The lowest BCUT2D eigenvalue weighted by Crippen LogP contribution is -2.44. The van der Waals surface area contributed by atoms with E-state index in [4.69, 9.17) is 0 Å². The highest BCUT2D eigenvalue weighted by atomic mass is 14.9. The Morgan fingerprint density at radius 3 is 2.26 bits per heavy atom. The predicted octanol–water partition coefficient (Wildman–Crippen LogP) is 5.01. The number of hydrogen-bond donors (Lipinski definition) is 1. The Balaban J connectivity index is 1.98. The van der Waals surface area contributed by atoms with E-state index in [1.807, 2.05) is 0 Å². The van der Waals surface area contributed by atoms with E-state index in [1.165, 1.54) is 51.5 Å². The fourth-order valence-corrected chi connectivity index (χ4v) is 4.32. The molecule has 0 amide bonds. The van der Waals surface area contributed by atoms with Crippen molar-refractivity contribution in [2.45, 2.75) is 85.1 Å². The van der Waals surface area contributed by atoms with Gasteiger partial charge in [0.1, 0.15) is 0 Å². The van der Waals surface area contributed by atoms with Crippen LogP contribution in [0.5, 0.6) is 0 Å². The minimum Gasteiger partial charge on any atom is -0.312 e. The third-order valence-electron chi connectivity index (χ3n) is 5.49. The quantitative estimate of drug-likeness (QED) is 0.756. The minimum atomic E-state index is 0.271. The molecule has 0 aromatic carbocycles. The largest absolute Gasteiger partial charge is 0.312 e. The Bertz CT molecular complexity index is 281. The molecule has 112 valence electrons. The van der Waals surface area contributed by atoms with Crippen LogP contribution in [0.4, 0.5) is 0 Å². The summed E-state index contributed by atoms with van der Waals surface area (Å²) in [5.41, 5.74) is 0.860. The van der Waals surface area contributed by atoms with Crippen molar-refractivity contribution in [3.63, 3.8) is 0 Å². The van der Waals surface area contributed by atoms with Gasteiger partial charge < -0.3 is 5.32 Å². The molecule has 1 nitrogen and oxygen atoms in total. The molecule has 0 bridgehead atoms. The van der Waals surface area contributed by atoms with Crippen LogP contribution in [0.15, 0.2) is 0 Å². The highest BCUT2D eigenvalue weighted by molar-refractivity contribution is 4.91. The SMILES string of the molecule is CC1(C)CCC(CNC(C)(C)C)C(C2CCCC2)C1. The second-order valence-electron chi connectivity index (χ2n) is 9.01. The third kappa shape index (κ3) is 4.48. The van der Waals surface area contributed by atoms with Gasteiger partial charge in [-0.2, -0.15) is 0 Å². The van der Waals surface area contributed by atoms with Gasteiger partial charge in [-0.25, -0.2) is 0 Å². The van der Waals surface area contributed by atoms with E-state index in [-0.39, 0.29) is 5.54 Å². The zero-order valence-corrected chi connectivity index (χ0v) is 13.9. The first-order valence-corrected chi connectivity index (χ1v) is 8.52. The normalized spacial score (nSPS) is 32.7. The Kier molecular flexibility index (Phi) is 4.65. The zero-order chi connectivity index (χ0) is 14.1. The van der Waals surface area contributed by atoms with Gasteiger partial charge in [0.25, 0.3) is 0 Å². The molecule has 2 rings (SSSR count). The van der Waals surface area contributed by atoms with Crippen LogP contribution in [0.2, 0.25) is 0 Å². The molecule has 1 N–H and O–H groups in total. The minimum absolute atomic E-state index is 0.271. The molecule has 0 saturated heterocycles. The fraction of sp³-hybridized carbons (Fsp3) is 1.00. The van der Waals surface area contributed by atoms with Crippen LogP contribution in [0.25, 0.3) is 0 Å². The first-order chi connectivity index (χ1) is 8.77. The third-order valence-corrected chi connectivity index (χ3v) is 5.49. The second-order valence-corrected chi connectivity index (χ2v) is 9.01. The van der Waals surface area contributed by atoms with Gasteiger partial charge in [-0.15, -0.1) is 0 Å². The Morgan fingerprint density at radius 1 is 1.05 bits per heavy atom. The average molecular weight is 265 g/mol. The average Bonchev–Trinajstić information content (AvgIpc) is 2.78. The standard InChI is InChI=1S/C18H35N/c1-17(2,3)19-13-15-10-11-18(4,5)12-16(15)14-8-6-7-9-14/h14-16,19H,6-13H2,1-5H3. The van der Waals surface area contributed by atoms with E-state index in [1.54, 1.807) is 0 Å². The molecule has 0 spiro atoms. The van der Waals surface area contributed by atoms with Crippen molar-refractivity contribution in [2.75, 3.05) is 6.54 Å². The second kappa shape index (κ2) is 5.76. The Labute approximate surface area is 120 Å². The lowest BCUT2D eigenvalue weighted by molar-refractivity contribution is 0.0712. The molecule has 2 unspecified atom stereocenters. The molecule has 2 aliphatic carbocycles. The van der Waals surface area contributed by atoms with Gasteiger partial charge >= 0.3 is 0 Å². The maximum Gasteiger partial charge on any atom is 0.00966 e. The fourth-order valence-electron chi connectivity index (χ4n) is 4.32. The van der Waals surface area contributed by atoms with Crippen LogP contribution < -0.4 is 5.32 Å². The van der Waals surface area contributed by atoms with Gasteiger partial charge in [0.05, 0.1) is 0 Å². The first-order valence-electron chi connectivity index (χ1n) is 8.52. The van der Waals surface area contributed by atoms with Crippen molar-refractivity contribution in [2.24, 2.45) is 23.2 Å². The van der Waals surface area contributed by atoms with E-state index in [0.717, 1.165) is 17.8 Å². The van der Waals surface area contributed by atoms with Crippen LogP contribution in [0, 0.1) is 23.2 Å². The van der Waals surface area contributed by atoms with E-state index in [9.17, 15) is 0 Å². The molecular formula is C18H35N. The summed E-state index contributed by atoms with van der Waals surface area (Å²) in [5.74, 6) is 2.95. The maximum absolute atomic E-state index is 3.77. The van der Waals surface area contributed by atoms with Crippen molar-refractivity contribution >= 4 is 0 Å². The Morgan fingerprint density at radius 2 is 1.68 bits per heavy atom. The van der Waals surface area contributed by atoms with Crippen LogP contribution in [-0.4, -0.2) is 12.1 Å². The van der Waals surface area contributed by atoms with Crippen molar-refractivity contribution in [3.05, 3.63) is 0 Å². The van der Waals surface area contributed by atoms with Gasteiger partial charge in [0.2, 0.25) is 0 Å². The molecule has 2 atom stereocenters. The van der Waals surface area contributed by atoms with Crippen molar-refractivity contribution in [3.8, 4) is 0 Å². The summed E-state index contributed by atoms with van der Waals surface area (Å²) in [5, 5.41) is 3.77. The van der Waals surface area contributed by atoms with E-state index in [0.29, 0.717) is 5.41 Å². The molecule has 1 heteroatoms. The molecule has 2 saturated carbocycles. The van der Waals surface area contributed by atoms with Crippen LogP contribution >= 0.6 is 0 Å². The number of hydrogen-bond acceptors (Lipinski definition) is 1. The summed E-state index contributed by atoms with van der Waals surface area (Å²) < 4.78 is 0. The summed E-state index contributed by atoms with van der Waals surface area (Å²) in [6.45, 7) is 13.1. The van der Waals surface area contributed by atoms with Crippen LogP contribution in [0.1, 0.15) is 79.6 Å². The lowest BCUT2D eigenvalue weighted by Gasteiger charge is -2.44. The molecule has 0 heterocycles. The molecule has 2 aliphatic rings. The van der Waals surface area contributed by atoms with Crippen molar-refractivity contribution in [1.82, 2.24) is 5.32 Å². The van der Waals surface area contributed by atoms with Crippen molar-refractivity contribution < 1.29 is 0 Å². The number of rotatable bonds is 3. The summed E-state index contributed by atoms with van der Waals surface area (Å²) in [6, 6.07) is 0. The van der Waals surface area contributed by atoms with Gasteiger partial charge in [0.15, 0.2) is 0 Å². The molecule has 19 heavy (non-hydrogen) atoms. The van der Waals surface area contributed by atoms with Gasteiger partial charge in [-0.1, -0.05) is 39.5 Å². The highest BCUT2D eigenvalue weighted by Crippen LogP contribution is 2.48. The van der Waals surface area contributed by atoms with E-state index < -0.39 is 0 Å². The summed E-state index contributed by atoms with van der Waals surface area (Å²) in [6.07, 6.45) is 10.3. The Hall–Kier alpha value is -0.0400. The smallest absolute Gasteiger partial charge is 0.00966 e. The van der Waals surface area contributed by atoms with E-state index >= 15 is 0 Å². The lowest BCUT2D eigenvalue weighted by atomic mass is 9.63. The van der Waals surface area contributed by atoms with Gasteiger partial charge in [-0.05, 0) is 69.7 Å². The molecule has 0 aliphatic heterocycles.